The molecule has 0 radical (unpaired) electrons. The van der Waals surface area contributed by atoms with Crippen molar-refractivity contribution in [3.63, 3.8) is 0 Å². The molecule has 4 N–H and O–H groups in total. The molecule has 1 atom stereocenters. The monoisotopic (exact) mass is 456 g/mol. The lowest BCUT2D eigenvalue weighted by Gasteiger charge is -2.21. The predicted molar refractivity (Wildman–Crippen MR) is 118 cm³/mol. The standard InChI is InChI=1S/C21H21FN6O3S/c1-10-13(9-24-19(25-10)12-5-6-14(22)16(29)8-12)17-11(2)26-20(32-17)27-21(31)28-7-3-4-15(28)18(23)30/h5-6,8-9,15,29H,3-4,7H2,1-2H3,(H2,23,30)(H,26,27,31)/t15-/m0/s1. The molecule has 3 amide bonds. The van der Waals surface area contributed by atoms with Crippen LogP contribution in [0.1, 0.15) is 24.2 Å². The van der Waals surface area contributed by atoms with Crippen molar-refractivity contribution < 1.29 is 19.1 Å². The lowest BCUT2D eigenvalue weighted by atomic mass is 10.1. The van der Waals surface area contributed by atoms with Crippen molar-refractivity contribution in [1.29, 1.82) is 0 Å². The van der Waals surface area contributed by atoms with Crippen LogP contribution in [0.4, 0.5) is 14.3 Å². The molecule has 11 heteroatoms. The van der Waals surface area contributed by atoms with E-state index in [0.29, 0.717) is 40.9 Å². The van der Waals surface area contributed by atoms with E-state index in [1.165, 1.54) is 28.4 Å². The number of halogens is 1. The largest absolute Gasteiger partial charge is 0.505 e. The van der Waals surface area contributed by atoms with Crippen molar-refractivity contribution in [2.45, 2.75) is 32.7 Å². The van der Waals surface area contributed by atoms with Crippen molar-refractivity contribution >= 4 is 28.4 Å². The van der Waals surface area contributed by atoms with E-state index in [-0.39, 0.29) is 0 Å². The molecule has 0 spiro atoms. The van der Waals surface area contributed by atoms with Crippen molar-refractivity contribution in [2.75, 3.05) is 11.9 Å². The first-order chi connectivity index (χ1) is 15.2. The second-order valence-electron chi connectivity index (χ2n) is 7.48. The van der Waals surface area contributed by atoms with E-state index in [1.54, 1.807) is 6.20 Å². The molecule has 166 valence electrons. The summed E-state index contributed by atoms with van der Waals surface area (Å²) in [5.41, 5.74) is 7.98. The Morgan fingerprint density at radius 2 is 2.06 bits per heavy atom. The number of aryl methyl sites for hydroxylation is 2. The average molecular weight is 457 g/mol. The van der Waals surface area contributed by atoms with Gasteiger partial charge < -0.3 is 15.7 Å². The molecule has 3 heterocycles. The van der Waals surface area contributed by atoms with Crippen LogP contribution < -0.4 is 11.1 Å². The summed E-state index contributed by atoms with van der Waals surface area (Å²) in [4.78, 5) is 39.6. The number of hydrogen-bond acceptors (Lipinski definition) is 7. The highest BCUT2D eigenvalue weighted by molar-refractivity contribution is 7.19. The second-order valence-corrected chi connectivity index (χ2v) is 8.48. The molecule has 1 aromatic carbocycles. The van der Waals surface area contributed by atoms with Crippen molar-refractivity contribution in [2.24, 2.45) is 5.73 Å². The number of hydrogen-bond donors (Lipinski definition) is 3. The molecular formula is C21H21FN6O3S. The molecule has 0 saturated carbocycles. The van der Waals surface area contributed by atoms with Gasteiger partial charge in [0.05, 0.1) is 16.3 Å². The molecule has 4 rings (SSSR count). The number of nitrogens with one attached hydrogen (secondary N) is 1. The molecular weight excluding hydrogens is 435 g/mol. The van der Waals surface area contributed by atoms with Crippen LogP contribution in [-0.2, 0) is 4.79 Å². The number of likely N-dealkylation sites (tertiary alicyclic amines) is 1. The van der Waals surface area contributed by atoms with Gasteiger partial charge in [0.2, 0.25) is 5.91 Å². The number of rotatable bonds is 4. The molecule has 1 aliphatic rings. The fourth-order valence-corrected chi connectivity index (χ4v) is 4.67. The van der Waals surface area contributed by atoms with Crippen LogP contribution in [0.5, 0.6) is 5.75 Å². The van der Waals surface area contributed by atoms with Gasteiger partial charge in [-0.1, -0.05) is 11.3 Å². The van der Waals surface area contributed by atoms with Crippen LogP contribution in [0.25, 0.3) is 21.8 Å². The van der Waals surface area contributed by atoms with Gasteiger partial charge in [0.1, 0.15) is 6.04 Å². The minimum absolute atomic E-state index is 0.351. The number of anilines is 1. The first-order valence-corrected chi connectivity index (χ1v) is 10.7. The summed E-state index contributed by atoms with van der Waals surface area (Å²) in [6.45, 7) is 4.09. The Labute approximate surface area is 187 Å². The number of amides is 3. The van der Waals surface area contributed by atoms with Crippen LogP contribution in [0.3, 0.4) is 0 Å². The lowest BCUT2D eigenvalue weighted by Crippen LogP contribution is -2.45. The molecule has 32 heavy (non-hydrogen) atoms. The molecule has 0 aliphatic carbocycles. The number of phenolic OH excluding ortho intramolecular Hbond substituents is 1. The number of aromatic nitrogens is 3. The number of benzene rings is 1. The highest BCUT2D eigenvalue weighted by Gasteiger charge is 2.33. The SMILES string of the molecule is Cc1nc(-c2ccc(F)c(O)c2)ncc1-c1sc(NC(=O)N2CCC[C@H]2C(N)=O)nc1C. The van der Waals surface area contributed by atoms with E-state index in [9.17, 15) is 19.1 Å². The zero-order valence-corrected chi connectivity index (χ0v) is 18.2. The van der Waals surface area contributed by atoms with Gasteiger partial charge in [-0.25, -0.2) is 24.1 Å². The number of nitrogens with zero attached hydrogens (tertiary/aromatic N) is 4. The van der Waals surface area contributed by atoms with Gasteiger partial charge in [-0.05, 0) is 44.9 Å². The Bertz CT molecular complexity index is 1210. The summed E-state index contributed by atoms with van der Waals surface area (Å²) in [6, 6.07) is 2.90. The molecule has 0 bridgehead atoms. The molecule has 9 nitrogen and oxygen atoms in total. The van der Waals surface area contributed by atoms with Crippen LogP contribution in [0, 0.1) is 19.7 Å². The van der Waals surface area contributed by atoms with E-state index >= 15 is 0 Å². The Hall–Kier alpha value is -3.60. The number of aromatic hydroxyl groups is 1. The van der Waals surface area contributed by atoms with E-state index in [2.05, 4.69) is 20.3 Å². The third-order valence-electron chi connectivity index (χ3n) is 5.28. The number of phenols is 1. The van der Waals surface area contributed by atoms with Crippen molar-refractivity contribution in [3.8, 4) is 27.6 Å². The first kappa shape index (κ1) is 21.6. The second kappa shape index (κ2) is 8.50. The molecule has 0 unspecified atom stereocenters. The van der Waals surface area contributed by atoms with Gasteiger partial charge in [-0.3, -0.25) is 10.1 Å². The molecule has 1 fully saturated rings. The third-order valence-corrected chi connectivity index (χ3v) is 6.39. The van der Waals surface area contributed by atoms with Crippen LogP contribution >= 0.6 is 11.3 Å². The number of carbonyl (C=O) groups is 2. The number of thiazole rings is 1. The minimum Gasteiger partial charge on any atom is -0.505 e. The number of primary amides is 1. The lowest BCUT2D eigenvalue weighted by molar-refractivity contribution is -0.121. The van der Waals surface area contributed by atoms with E-state index in [1.807, 2.05) is 13.8 Å². The van der Waals surface area contributed by atoms with Gasteiger partial charge >= 0.3 is 6.03 Å². The van der Waals surface area contributed by atoms with Gasteiger partial charge in [0.15, 0.2) is 22.5 Å². The van der Waals surface area contributed by atoms with Crippen molar-refractivity contribution in [1.82, 2.24) is 19.9 Å². The summed E-state index contributed by atoms with van der Waals surface area (Å²) in [6.07, 6.45) is 2.91. The maximum absolute atomic E-state index is 13.3. The Morgan fingerprint density at radius 3 is 2.75 bits per heavy atom. The Morgan fingerprint density at radius 1 is 1.28 bits per heavy atom. The van der Waals surface area contributed by atoms with E-state index < -0.39 is 29.5 Å². The third kappa shape index (κ3) is 4.11. The van der Waals surface area contributed by atoms with Gasteiger partial charge in [0, 0.05) is 23.9 Å². The summed E-state index contributed by atoms with van der Waals surface area (Å²) in [7, 11) is 0. The molecule has 1 saturated heterocycles. The van der Waals surface area contributed by atoms with Gasteiger partial charge in [-0.2, -0.15) is 0 Å². The highest BCUT2D eigenvalue weighted by Crippen LogP contribution is 2.35. The maximum Gasteiger partial charge on any atom is 0.324 e. The zero-order valence-electron chi connectivity index (χ0n) is 17.4. The van der Waals surface area contributed by atoms with Gasteiger partial charge in [-0.15, -0.1) is 0 Å². The fraction of sp³-hybridized carbons (Fsp3) is 0.286. The van der Waals surface area contributed by atoms with Gasteiger partial charge in [0.25, 0.3) is 0 Å². The number of urea groups is 1. The molecule has 2 aromatic heterocycles. The van der Waals surface area contributed by atoms with Crippen LogP contribution in [0.2, 0.25) is 0 Å². The summed E-state index contributed by atoms with van der Waals surface area (Å²) < 4.78 is 13.3. The smallest absolute Gasteiger partial charge is 0.324 e. The van der Waals surface area contributed by atoms with Crippen LogP contribution in [0.15, 0.2) is 24.4 Å². The summed E-state index contributed by atoms with van der Waals surface area (Å²) >= 11 is 1.27. The topological polar surface area (TPSA) is 134 Å². The quantitative estimate of drug-likeness (QED) is 0.552. The Balaban J connectivity index is 1.56. The van der Waals surface area contributed by atoms with Crippen molar-refractivity contribution in [3.05, 3.63) is 41.6 Å². The Kier molecular flexibility index (Phi) is 5.74. The predicted octanol–water partition coefficient (Wildman–Crippen LogP) is 3.21. The van der Waals surface area contributed by atoms with Crippen LogP contribution in [-0.4, -0.2) is 49.5 Å². The normalized spacial score (nSPS) is 15.7. The van der Waals surface area contributed by atoms with E-state index in [0.717, 1.165) is 22.9 Å². The van der Waals surface area contributed by atoms with E-state index in [4.69, 9.17) is 5.73 Å². The average Bonchev–Trinajstić information content (AvgIpc) is 3.37. The fourth-order valence-electron chi connectivity index (χ4n) is 3.65. The first-order valence-electron chi connectivity index (χ1n) is 9.92. The summed E-state index contributed by atoms with van der Waals surface area (Å²) in [5.74, 6) is -1.35. The highest BCUT2D eigenvalue weighted by atomic mass is 32.1. The maximum atomic E-state index is 13.3. The molecule has 3 aromatic rings. The minimum atomic E-state index is -0.715. The zero-order chi connectivity index (χ0) is 23.0. The number of carbonyl (C=O) groups excluding carboxylic acids is 2. The molecule has 1 aliphatic heterocycles. The number of nitrogens with two attached hydrogens (primary N) is 1. The summed E-state index contributed by atoms with van der Waals surface area (Å²) in [5, 5.41) is 12.7.